The van der Waals surface area contributed by atoms with Crippen LogP contribution in [0.4, 0.5) is 0 Å². The zero-order chi connectivity index (χ0) is 8.43. The summed E-state index contributed by atoms with van der Waals surface area (Å²) < 4.78 is 5.83. The van der Waals surface area contributed by atoms with Crippen molar-refractivity contribution < 1.29 is 4.74 Å². The van der Waals surface area contributed by atoms with Crippen LogP contribution in [0.2, 0.25) is 0 Å². The van der Waals surface area contributed by atoms with Crippen LogP contribution < -0.4 is 0 Å². The normalized spacial score (nSPS) is 44.6. The van der Waals surface area contributed by atoms with E-state index in [0.29, 0.717) is 12.1 Å². The Kier molecular flexibility index (Phi) is 3.00. The maximum atomic E-state index is 5.83. The van der Waals surface area contributed by atoms with Crippen molar-refractivity contribution in [3.05, 3.63) is 0 Å². The first kappa shape index (κ1) is 9.12. The van der Waals surface area contributed by atoms with Crippen LogP contribution in [-0.4, -0.2) is 20.0 Å². The smallest absolute Gasteiger partial charge is 0.139 e. The SMILES string of the molecule is B[C@@H]1O[C@H](CC)C(C)[C@@H]1CC. The molecule has 64 valence electrons. The second-order valence-corrected chi connectivity index (χ2v) is 3.72. The van der Waals surface area contributed by atoms with Crippen molar-refractivity contribution in [3.63, 3.8) is 0 Å². The highest BCUT2D eigenvalue weighted by atomic mass is 16.5. The fourth-order valence-corrected chi connectivity index (χ4v) is 2.38. The first-order valence-corrected chi connectivity index (χ1v) is 4.86. The predicted molar refractivity (Wildman–Crippen MR) is 50.4 cm³/mol. The van der Waals surface area contributed by atoms with Gasteiger partial charge in [0.05, 0.1) is 6.10 Å². The van der Waals surface area contributed by atoms with E-state index in [9.17, 15) is 0 Å². The molecule has 0 bridgehead atoms. The molecule has 0 spiro atoms. The third-order valence-electron chi connectivity index (χ3n) is 3.13. The van der Waals surface area contributed by atoms with Gasteiger partial charge in [0, 0.05) is 6.00 Å². The van der Waals surface area contributed by atoms with Crippen LogP contribution in [0.3, 0.4) is 0 Å². The van der Waals surface area contributed by atoms with Gasteiger partial charge in [0.15, 0.2) is 0 Å². The second kappa shape index (κ2) is 3.62. The highest BCUT2D eigenvalue weighted by Gasteiger charge is 2.36. The Bertz CT molecular complexity index is 127. The quantitative estimate of drug-likeness (QED) is 0.546. The molecule has 0 saturated carbocycles. The summed E-state index contributed by atoms with van der Waals surface area (Å²) in [6.07, 6.45) is 2.95. The topological polar surface area (TPSA) is 9.23 Å². The minimum Gasteiger partial charge on any atom is -0.383 e. The molecule has 1 rings (SSSR count). The maximum absolute atomic E-state index is 5.83. The summed E-state index contributed by atoms with van der Waals surface area (Å²) in [5.41, 5.74) is 0. The Morgan fingerprint density at radius 2 is 1.91 bits per heavy atom. The molecule has 0 N–H and O–H groups in total. The summed E-state index contributed by atoms with van der Waals surface area (Å²) in [6, 6.07) is 0.486. The van der Waals surface area contributed by atoms with Gasteiger partial charge < -0.3 is 4.74 Å². The molecule has 11 heavy (non-hydrogen) atoms. The third-order valence-corrected chi connectivity index (χ3v) is 3.13. The van der Waals surface area contributed by atoms with Gasteiger partial charge in [-0.25, -0.2) is 0 Å². The highest BCUT2D eigenvalue weighted by molar-refractivity contribution is 6.11. The van der Waals surface area contributed by atoms with E-state index in [0.717, 1.165) is 11.8 Å². The van der Waals surface area contributed by atoms with Crippen molar-refractivity contribution >= 4 is 7.85 Å². The Morgan fingerprint density at radius 3 is 2.18 bits per heavy atom. The van der Waals surface area contributed by atoms with Gasteiger partial charge in [0.25, 0.3) is 0 Å². The average Bonchev–Trinajstić information content (AvgIpc) is 2.26. The zero-order valence-corrected chi connectivity index (χ0v) is 8.13. The molecular weight excluding hydrogens is 135 g/mol. The largest absolute Gasteiger partial charge is 0.383 e. The summed E-state index contributed by atoms with van der Waals surface area (Å²) in [5.74, 6) is 1.56. The van der Waals surface area contributed by atoms with Crippen LogP contribution in [0.1, 0.15) is 33.6 Å². The van der Waals surface area contributed by atoms with E-state index in [1.165, 1.54) is 12.8 Å². The second-order valence-electron chi connectivity index (χ2n) is 3.72. The summed E-state index contributed by atoms with van der Waals surface area (Å²) in [4.78, 5) is 0. The van der Waals surface area contributed by atoms with Crippen molar-refractivity contribution in [3.8, 4) is 0 Å². The van der Waals surface area contributed by atoms with Crippen LogP contribution >= 0.6 is 0 Å². The lowest BCUT2D eigenvalue weighted by Crippen LogP contribution is -2.18. The van der Waals surface area contributed by atoms with Gasteiger partial charge in [-0.3, -0.25) is 0 Å². The molecular formula is C9H19BO. The standard InChI is InChI=1S/C9H19BO/c1-4-7-6(3)8(5-2)11-9(7)10/h6-9H,4-5,10H2,1-3H3/t6?,7-,8+,9+/m0/s1. The van der Waals surface area contributed by atoms with Crippen LogP contribution in [0.25, 0.3) is 0 Å². The Balaban J connectivity index is 2.55. The molecule has 0 aromatic rings. The van der Waals surface area contributed by atoms with Crippen molar-refractivity contribution in [1.29, 1.82) is 0 Å². The molecule has 1 saturated heterocycles. The maximum Gasteiger partial charge on any atom is 0.139 e. The molecule has 1 unspecified atom stereocenters. The molecule has 0 radical (unpaired) electrons. The average molecular weight is 154 g/mol. The molecule has 1 nitrogen and oxygen atoms in total. The molecule has 4 atom stereocenters. The lowest BCUT2D eigenvalue weighted by Gasteiger charge is -2.16. The monoisotopic (exact) mass is 154 g/mol. The van der Waals surface area contributed by atoms with Crippen molar-refractivity contribution in [2.75, 3.05) is 0 Å². The van der Waals surface area contributed by atoms with E-state index in [2.05, 4.69) is 28.6 Å². The van der Waals surface area contributed by atoms with Crippen molar-refractivity contribution in [1.82, 2.24) is 0 Å². The molecule has 0 aliphatic carbocycles. The Hall–Kier alpha value is 0.0249. The molecule has 1 aliphatic heterocycles. The van der Waals surface area contributed by atoms with Crippen molar-refractivity contribution in [2.24, 2.45) is 11.8 Å². The minimum atomic E-state index is 0.486. The lowest BCUT2D eigenvalue weighted by molar-refractivity contribution is 0.0692. The first-order chi connectivity index (χ1) is 5.20. The number of hydrogen-bond donors (Lipinski definition) is 0. The highest BCUT2D eigenvalue weighted by Crippen LogP contribution is 2.34. The summed E-state index contributed by atoms with van der Waals surface area (Å²) in [6.45, 7) is 6.80. The summed E-state index contributed by atoms with van der Waals surface area (Å²) in [5, 5.41) is 0. The van der Waals surface area contributed by atoms with Crippen LogP contribution in [0.15, 0.2) is 0 Å². The van der Waals surface area contributed by atoms with E-state index < -0.39 is 0 Å². The molecule has 0 aromatic carbocycles. The number of rotatable bonds is 2. The Labute approximate surface area is 70.9 Å². The third kappa shape index (κ3) is 1.61. The van der Waals surface area contributed by atoms with Gasteiger partial charge in [-0.15, -0.1) is 0 Å². The molecule has 0 aromatic heterocycles. The molecule has 1 aliphatic rings. The Morgan fingerprint density at radius 1 is 1.27 bits per heavy atom. The zero-order valence-electron chi connectivity index (χ0n) is 8.13. The van der Waals surface area contributed by atoms with Gasteiger partial charge in [-0.1, -0.05) is 27.2 Å². The predicted octanol–water partition coefficient (Wildman–Crippen LogP) is 1.42. The minimum absolute atomic E-state index is 0.486. The van der Waals surface area contributed by atoms with Gasteiger partial charge >= 0.3 is 0 Å². The first-order valence-electron chi connectivity index (χ1n) is 4.86. The molecule has 1 heterocycles. The number of hydrogen-bond acceptors (Lipinski definition) is 1. The van der Waals surface area contributed by atoms with Crippen LogP contribution in [0, 0.1) is 11.8 Å². The van der Waals surface area contributed by atoms with Crippen LogP contribution in [0.5, 0.6) is 0 Å². The van der Waals surface area contributed by atoms with E-state index in [1.54, 1.807) is 0 Å². The molecule has 1 fully saturated rings. The lowest BCUT2D eigenvalue weighted by atomic mass is 9.78. The molecule has 0 amide bonds. The fourth-order valence-electron chi connectivity index (χ4n) is 2.38. The van der Waals surface area contributed by atoms with E-state index in [-0.39, 0.29) is 0 Å². The van der Waals surface area contributed by atoms with E-state index >= 15 is 0 Å². The van der Waals surface area contributed by atoms with Gasteiger partial charge in [-0.2, -0.15) is 0 Å². The van der Waals surface area contributed by atoms with Crippen molar-refractivity contribution in [2.45, 2.75) is 45.7 Å². The number of ether oxygens (including phenoxy) is 1. The van der Waals surface area contributed by atoms with Crippen LogP contribution in [-0.2, 0) is 4.74 Å². The van der Waals surface area contributed by atoms with Gasteiger partial charge in [0.2, 0.25) is 0 Å². The summed E-state index contributed by atoms with van der Waals surface area (Å²) >= 11 is 0. The van der Waals surface area contributed by atoms with Gasteiger partial charge in [-0.05, 0) is 18.3 Å². The summed E-state index contributed by atoms with van der Waals surface area (Å²) in [7, 11) is 2.21. The van der Waals surface area contributed by atoms with Gasteiger partial charge in [0.1, 0.15) is 7.85 Å². The van der Waals surface area contributed by atoms with E-state index in [4.69, 9.17) is 4.74 Å². The fraction of sp³-hybridized carbons (Fsp3) is 1.00. The molecule has 2 heteroatoms. The van der Waals surface area contributed by atoms with E-state index in [1.807, 2.05) is 0 Å².